The van der Waals surface area contributed by atoms with Gasteiger partial charge >= 0.3 is 0 Å². The van der Waals surface area contributed by atoms with E-state index in [0.717, 1.165) is 24.5 Å². The molecule has 0 bridgehead atoms. The highest BCUT2D eigenvalue weighted by atomic mass is 35.5. The Morgan fingerprint density at radius 2 is 2.17 bits per heavy atom. The van der Waals surface area contributed by atoms with E-state index in [2.05, 4.69) is 35.1 Å². The number of aromatic nitrogens is 1. The number of para-hydroxylation sites is 1. The molecule has 0 amide bonds. The maximum Gasteiger partial charge on any atom is 0.108 e. The van der Waals surface area contributed by atoms with Gasteiger partial charge < -0.3 is 0 Å². The molecular formula is C14H17ClN2S. The Morgan fingerprint density at radius 3 is 2.89 bits per heavy atom. The molecule has 2 nitrogen and oxygen atoms in total. The summed E-state index contributed by atoms with van der Waals surface area (Å²) in [6.07, 6.45) is 2.34. The topological polar surface area (TPSA) is 16.1 Å². The van der Waals surface area contributed by atoms with Crippen molar-refractivity contribution in [2.75, 3.05) is 13.6 Å². The molecule has 1 aliphatic carbocycles. The molecule has 96 valence electrons. The van der Waals surface area contributed by atoms with Crippen LogP contribution in [0, 0.1) is 5.92 Å². The number of benzene rings is 1. The highest BCUT2D eigenvalue weighted by molar-refractivity contribution is 7.18. The van der Waals surface area contributed by atoms with Gasteiger partial charge in [-0.15, -0.1) is 22.9 Å². The van der Waals surface area contributed by atoms with Gasteiger partial charge in [0, 0.05) is 11.9 Å². The molecule has 0 aliphatic heterocycles. The van der Waals surface area contributed by atoms with Crippen molar-refractivity contribution in [1.82, 2.24) is 9.88 Å². The quantitative estimate of drug-likeness (QED) is 0.793. The monoisotopic (exact) mass is 280 g/mol. The third-order valence-electron chi connectivity index (χ3n) is 3.49. The standard InChI is InChI=1S/C14H17ClN2S/c1-17(8-10-6-11(15)7-10)9-14-16-12-4-2-3-5-13(12)18-14/h2-5,10-11H,6-9H2,1H3. The molecule has 0 saturated heterocycles. The van der Waals surface area contributed by atoms with Gasteiger partial charge in [-0.2, -0.15) is 0 Å². The van der Waals surface area contributed by atoms with Crippen LogP contribution in [-0.4, -0.2) is 28.9 Å². The summed E-state index contributed by atoms with van der Waals surface area (Å²) in [5, 5.41) is 1.63. The molecule has 3 rings (SSSR count). The molecule has 18 heavy (non-hydrogen) atoms. The fraction of sp³-hybridized carbons (Fsp3) is 0.500. The van der Waals surface area contributed by atoms with Crippen LogP contribution in [0.25, 0.3) is 10.2 Å². The first-order valence-corrected chi connectivity index (χ1v) is 7.63. The maximum atomic E-state index is 6.01. The highest BCUT2D eigenvalue weighted by Crippen LogP contribution is 2.32. The Bertz CT molecular complexity index is 500. The molecule has 1 aromatic carbocycles. The van der Waals surface area contributed by atoms with E-state index < -0.39 is 0 Å². The summed E-state index contributed by atoms with van der Waals surface area (Å²) in [5.41, 5.74) is 1.12. The third-order valence-corrected chi connectivity index (χ3v) is 4.87. The van der Waals surface area contributed by atoms with E-state index in [0.29, 0.717) is 5.38 Å². The lowest BCUT2D eigenvalue weighted by Gasteiger charge is -2.33. The Labute approximate surface area is 117 Å². The number of alkyl halides is 1. The molecule has 1 fully saturated rings. The minimum Gasteiger partial charge on any atom is -0.299 e. The second kappa shape index (κ2) is 5.16. The van der Waals surface area contributed by atoms with Gasteiger partial charge in [-0.1, -0.05) is 12.1 Å². The summed E-state index contributed by atoms with van der Waals surface area (Å²) in [7, 11) is 2.17. The zero-order chi connectivity index (χ0) is 12.5. The Kier molecular flexibility index (Phi) is 3.55. The Morgan fingerprint density at radius 1 is 1.39 bits per heavy atom. The number of thiazole rings is 1. The largest absolute Gasteiger partial charge is 0.299 e. The molecule has 1 heterocycles. The van der Waals surface area contributed by atoms with Crippen LogP contribution < -0.4 is 0 Å². The van der Waals surface area contributed by atoms with Crippen LogP contribution in [0.2, 0.25) is 0 Å². The average Bonchev–Trinajstić information content (AvgIpc) is 2.68. The van der Waals surface area contributed by atoms with Crippen LogP contribution in [0.15, 0.2) is 24.3 Å². The van der Waals surface area contributed by atoms with E-state index in [9.17, 15) is 0 Å². The first-order valence-electron chi connectivity index (χ1n) is 6.38. The number of halogens is 1. The van der Waals surface area contributed by atoms with Gasteiger partial charge in [-0.25, -0.2) is 4.98 Å². The van der Waals surface area contributed by atoms with Crippen molar-refractivity contribution in [1.29, 1.82) is 0 Å². The fourth-order valence-electron chi connectivity index (χ4n) is 2.53. The maximum absolute atomic E-state index is 6.01. The molecule has 1 aromatic heterocycles. The van der Waals surface area contributed by atoms with Crippen LogP contribution in [-0.2, 0) is 6.54 Å². The van der Waals surface area contributed by atoms with Crippen molar-refractivity contribution in [2.45, 2.75) is 24.8 Å². The summed E-state index contributed by atoms with van der Waals surface area (Å²) in [5.74, 6) is 0.784. The van der Waals surface area contributed by atoms with Gasteiger partial charge in [0.15, 0.2) is 0 Å². The first-order chi connectivity index (χ1) is 8.70. The fourth-order valence-corrected chi connectivity index (χ4v) is 4.08. The summed E-state index contributed by atoms with van der Waals surface area (Å²) in [4.78, 5) is 7.04. The van der Waals surface area contributed by atoms with E-state index in [1.807, 2.05) is 6.07 Å². The number of fused-ring (bicyclic) bond motifs is 1. The zero-order valence-corrected chi connectivity index (χ0v) is 12.0. The summed E-state index contributed by atoms with van der Waals surface area (Å²) < 4.78 is 1.28. The van der Waals surface area contributed by atoms with Crippen molar-refractivity contribution >= 4 is 33.2 Å². The SMILES string of the molecule is CN(Cc1nc2ccccc2s1)CC1CC(Cl)C1. The predicted molar refractivity (Wildman–Crippen MR) is 78.3 cm³/mol. The van der Waals surface area contributed by atoms with Gasteiger partial charge in [0.05, 0.1) is 16.8 Å². The van der Waals surface area contributed by atoms with Crippen molar-refractivity contribution < 1.29 is 0 Å². The lowest BCUT2D eigenvalue weighted by molar-refractivity contribution is 0.204. The van der Waals surface area contributed by atoms with E-state index in [4.69, 9.17) is 11.6 Å². The predicted octanol–water partition coefficient (Wildman–Crippen LogP) is 3.75. The van der Waals surface area contributed by atoms with E-state index in [1.54, 1.807) is 11.3 Å². The first kappa shape index (κ1) is 12.4. The summed E-state index contributed by atoms with van der Waals surface area (Å²) >= 11 is 7.81. The molecule has 2 aromatic rings. The number of rotatable bonds is 4. The molecule has 0 atom stereocenters. The minimum absolute atomic E-state index is 0.422. The number of hydrogen-bond acceptors (Lipinski definition) is 3. The van der Waals surface area contributed by atoms with Gasteiger partial charge in [-0.3, -0.25) is 4.90 Å². The zero-order valence-electron chi connectivity index (χ0n) is 10.5. The van der Waals surface area contributed by atoms with Crippen molar-refractivity contribution in [3.8, 4) is 0 Å². The van der Waals surface area contributed by atoms with Gasteiger partial charge in [0.25, 0.3) is 0 Å². The second-order valence-corrected chi connectivity index (χ2v) is 6.94. The Hall–Kier alpha value is -0.640. The average molecular weight is 281 g/mol. The molecule has 4 heteroatoms. The summed E-state index contributed by atoms with van der Waals surface area (Å²) in [6, 6.07) is 8.34. The Balaban J connectivity index is 1.61. The van der Waals surface area contributed by atoms with Crippen LogP contribution in [0.3, 0.4) is 0 Å². The van der Waals surface area contributed by atoms with Crippen molar-refractivity contribution in [3.63, 3.8) is 0 Å². The smallest absolute Gasteiger partial charge is 0.108 e. The van der Waals surface area contributed by atoms with Gasteiger partial charge in [0.1, 0.15) is 5.01 Å². The lowest BCUT2D eigenvalue weighted by Crippen LogP contribution is -2.34. The van der Waals surface area contributed by atoms with Crippen LogP contribution >= 0.6 is 22.9 Å². The number of hydrogen-bond donors (Lipinski definition) is 0. The van der Waals surface area contributed by atoms with E-state index in [-0.39, 0.29) is 0 Å². The van der Waals surface area contributed by atoms with Crippen LogP contribution in [0.5, 0.6) is 0 Å². The van der Waals surface area contributed by atoms with Gasteiger partial charge in [0.2, 0.25) is 0 Å². The number of nitrogens with zero attached hydrogens (tertiary/aromatic N) is 2. The second-order valence-electron chi connectivity index (χ2n) is 5.21. The molecule has 0 N–H and O–H groups in total. The summed E-state index contributed by atoms with van der Waals surface area (Å²) in [6.45, 7) is 2.09. The molecule has 1 saturated carbocycles. The third kappa shape index (κ3) is 2.68. The van der Waals surface area contributed by atoms with Crippen LogP contribution in [0.4, 0.5) is 0 Å². The van der Waals surface area contributed by atoms with Crippen LogP contribution in [0.1, 0.15) is 17.8 Å². The molecule has 1 aliphatic rings. The van der Waals surface area contributed by atoms with E-state index >= 15 is 0 Å². The van der Waals surface area contributed by atoms with Gasteiger partial charge in [-0.05, 0) is 37.9 Å². The molecule has 0 radical (unpaired) electrons. The highest BCUT2D eigenvalue weighted by Gasteiger charge is 2.28. The molecule has 0 unspecified atom stereocenters. The lowest BCUT2D eigenvalue weighted by atomic mass is 9.84. The van der Waals surface area contributed by atoms with E-state index in [1.165, 1.54) is 22.5 Å². The minimum atomic E-state index is 0.422. The molecular weight excluding hydrogens is 264 g/mol. The molecule has 0 spiro atoms. The van der Waals surface area contributed by atoms with Crippen molar-refractivity contribution in [3.05, 3.63) is 29.3 Å². The normalized spacial score (nSPS) is 23.5. The van der Waals surface area contributed by atoms with Crippen molar-refractivity contribution in [2.24, 2.45) is 5.92 Å².